The third kappa shape index (κ3) is 5.02. The highest BCUT2D eigenvalue weighted by Crippen LogP contribution is 2.29. The van der Waals surface area contributed by atoms with Gasteiger partial charge in [0.15, 0.2) is 0 Å². The van der Waals surface area contributed by atoms with E-state index in [2.05, 4.69) is 10.4 Å². The van der Waals surface area contributed by atoms with Crippen molar-refractivity contribution in [3.63, 3.8) is 0 Å². The minimum atomic E-state index is -3.59. The molecule has 8 heteroatoms. The quantitative estimate of drug-likeness (QED) is 0.597. The van der Waals surface area contributed by atoms with Gasteiger partial charge in [-0.2, -0.15) is 9.40 Å². The van der Waals surface area contributed by atoms with Crippen LogP contribution in [-0.2, 0) is 21.4 Å². The van der Waals surface area contributed by atoms with Crippen molar-refractivity contribution in [2.45, 2.75) is 45.1 Å². The van der Waals surface area contributed by atoms with E-state index in [-0.39, 0.29) is 11.8 Å². The maximum atomic E-state index is 13.3. The van der Waals surface area contributed by atoms with E-state index in [1.165, 1.54) is 4.31 Å². The normalized spacial score (nSPS) is 15.5. The van der Waals surface area contributed by atoms with Crippen molar-refractivity contribution < 1.29 is 13.2 Å². The lowest BCUT2D eigenvalue weighted by molar-refractivity contribution is -0.121. The second-order valence-electron chi connectivity index (χ2n) is 8.76. The Kier molecular flexibility index (Phi) is 6.67. The predicted octanol–water partition coefficient (Wildman–Crippen LogP) is 3.90. The summed E-state index contributed by atoms with van der Waals surface area (Å²) in [5.74, 6) is 0.311. The summed E-state index contributed by atoms with van der Waals surface area (Å²) in [7, 11) is -3.59. The number of hydrogen-bond donors (Lipinski definition) is 1. The van der Waals surface area contributed by atoms with Crippen LogP contribution < -0.4 is 5.32 Å². The molecule has 3 aromatic rings. The highest BCUT2D eigenvalue weighted by atomic mass is 32.2. The van der Waals surface area contributed by atoms with Gasteiger partial charge in [0.2, 0.25) is 15.9 Å². The van der Waals surface area contributed by atoms with Gasteiger partial charge in [-0.1, -0.05) is 48.0 Å². The Morgan fingerprint density at radius 1 is 1.03 bits per heavy atom. The molecule has 0 bridgehead atoms. The highest BCUT2D eigenvalue weighted by molar-refractivity contribution is 7.89. The molecule has 0 atom stereocenters. The number of nitrogens with one attached hydrogen (secondary N) is 1. The molecule has 0 spiro atoms. The molecule has 7 nitrogen and oxygen atoms in total. The van der Waals surface area contributed by atoms with Gasteiger partial charge in [-0.15, -0.1) is 0 Å². The number of piperidine rings is 1. The third-order valence-corrected chi connectivity index (χ3v) is 8.38. The number of amides is 1. The van der Waals surface area contributed by atoms with Crippen LogP contribution in [0, 0.1) is 26.7 Å². The molecule has 1 fully saturated rings. The molecule has 0 radical (unpaired) electrons. The van der Waals surface area contributed by atoms with Crippen molar-refractivity contribution >= 4 is 21.7 Å². The Labute approximate surface area is 195 Å². The number of aromatic nitrogens is 2. The predicted molar refractivity (Wildman–Crippen MR) is 129 cm³/mol. The van der Waals surface area contributed by atoms with Crippen LogP contribution in [-0.4, -0.2) is 41.5 Å². The van der Waals surface area contributed by atoms with Gasteiger partial charge in [-0.05, 0) is 50.3 Å². The van der Waals surface area contributed by atoms with Crippen LogP contribution in [0.4, 0.5) is 5.82 Å². The van der Waals surface area contributed by atoms with Crippen molar-refractivity contribution in [1.29, 1.82) is 0 Å². The van der Waals surface area contributed by atoms with E-state index in [0.717, 1.165) is 22.3 Å². The van der Waals surface area contributed by atoms with Gasteiger partial charge in [-0.25, -0.2) is 13.1 Å². The molecule has 2 heterocycles. The van der Waals surface area contributed by atoms with Gasteiger partial charge >= 0.3 is 0 Å². The van der Waals surface area contributed by atoms with Crippen LogP contribution in [0.25, 0.3) is 0 Å². The number of benzene rings is 2. The molecule has 0 saturated carbocycles. The van der Waals surface area contributed by atoms with Gasteiger partial charge in [0.05, 0.1) is 17.6 Å². The smallest absolute Gasteiger partial charge is 0.243 e. The lowest BCUT2D eigenvalue weighted by Gasteiger charge is -2.31. The lowest BCUT2D eigenvalue weighted by atomic mass is 9.97. The fraction of sp³-hybridized carbons (Fsp3) is 0.360. The average molecular weight is 467 g/mol. The molecule has 33 heavy (non-hydrogen) atoms. The van der Waals surface area contributed by atoms with E-state index < -0.39 is 10.0 Å². The molecule has 0 unspecified atom stereocenters. The molecule has 1 aromatic heterocycles. The first-order chi connectivity index (χ1) is 15.8. The number of hydrogen-bond acceptors (Lipinski definition) is 4. The number of carbonyl (C=O) groups excluding carboxylic acids is 1. The summed E-state index contributed by atoms with van der Waals surface area (Å²) < 4.78 is 29.9. The largest absolute Gasteiger partial charge is 0.311 e. The molecule has 1 amide bonds. The third-order valence-electron chi connectivity index (χ3n) is 6.17. The molecular weight excluding hydrogens is 436 g/mol. The molecule has 1 N–H and O–H groups in total. The fourth-order valence-electron chi connectivity index (χ4n) is 4.61. The summed E-state index contributed by atoms with van der Waals surface area (Å²) in [4.78, 5) is 13.3. The Hall–Kier alpha value is -2.97. The van der Waals surface area contributed by atoms with E-state index in [0.29, 0.717) is 43.2 Å². The molecule has 1 aliphatic heterocycles. The van der Waals surface area contributed by atoms with Crippen molar-refractivity contribution in [3.8, 4) is 0 Å². The molecule has 0 aliphatic carbocycles. The molecule has 2 aromatic carbocycles. The van der Waals surface area contributed by atoms with Gasteiger partial charge in [0.1, 0.15) is 5.82 Å². The Bertz CT molecular complexity index is 1220. The number of aryl methyl sites for hydroxylation is 3. The highest BCUT2D eigenvalue weighted by Gasteiger charge is 2.34. The van der Waals surface area contributed by atoms with E-state index in [1.807, 2.05) is 63.2 Å². The lowest BCUT2D eigenvalue weighted by Crippen LogP contribution is -2.42. The Balaban J connectivity index is 1.40. The van der Waals surface area contributed by atoms with Gasteiger partial charge in [0, 0.05) is 25.1 Å². The first-order valence-electron chi connectivity index (χ1n) is 11.2. The van der Waals surface area contributed by atoms with E-state index in [9.17, 15) is 13.2 Å². The molecule has 1 saturated heterocycles. The summed E-state index contributed by atoms with van der Waals surface area (Å²) in [6.45, 7) is 6.87. The summed E-state index contributed by atoms with van der Waals surface area (Å²) in [6, 6.07) is 15.5. The summed E-state index contributed by atoms with van der Waals surface area (Å²) >= 11 is 0. The van der Waals surface area contributed by atoms with E-state index in [4.69, 9.17) is 0 Å². The van der Waals surface area contributed by atoms with Crippen LogP contribution in [0.2, 0.25) is 0 Å². The number of carbonyl (C=O) groups is 1. The minimum Gasteiger partial charge on any atom is -0.311 e. The first kappa shape index (κ1) is 23.2. The van der Waals surface area contributed by atoms with E-state index in [1.54, 1.807) is 16.9 Å². The Morgan fingerprint density at radius 3 is 2.30 bits per heavy atom. The molecule has 174 valence electrons. The maximum Gasteiger partial charge on any atom is 0.243 e. The van der Waals surface area contributed by atoms with Crippen molar-refractivity contribution in [3.05, 3.63) is 77.0 Å². The number of sulfonamides is 1. The van der Waals surface area contributed by atoms with Crippen LogP contribution in [0.15, 0.2) is 59.6 Å². The standard InChI is InChI=1S/C25H30N4O3S/c1-18-15-19(2)24(20(3)16-18)33(31,32)28-13-10-22(11-14-28)25(30)27-23-9-12-26-29(23)17-21-7-5-4-6-8-21/h4-9,12,15-16,22H,10-11,13-14,17H2,1-3H3,(H,27,30). The second-order valence-corrected chi connectivity index (χ2v) is 10.6. The minimum absolute atomic E-state index is 0.0930. The monoisotopic (exact) mass is 466 g/mol. The maximum absolute atomic E-state index is 13.3. The Morgan fingerprint density at radius 2 is 1.67 bits per heavy atom. The van der Waals surface area contributed by atoms with Crippen LogP contribution >= 0.6 is 0 Å². The number of anilines is 1. The first-order valence-corrected chi connectivity index (χ1v) is 12.6. The van der Waals surface area contributed by atoms with Crippen LogP contribution in [0.3, 0.4) is 0 Å². The van der Waals surface area contributed by atoms with E-state index >= 15 is 0 Å². The number of nitrogens with zero attached hydrogens (tertiary/aromatic N) is 3. The average Bonchev–Trinajstić information content (AvgIpc) is 3.20. The fourth-order valence-corrected chi connectivity index (χ4v) is 6.49. The summed E-state index contributed by atoms with van der Waals surface area (Å²) in [5, 5.41) is 7.31. The molecule has 4 rings (SSSR count). The summed E-state index contributed by atoms with van der Waals surface area (Å²) in [6.07, 6.45) is 2.64. The zero-order chi connectivity index (χ0) is 23.6. The SMILES string of the molecule is Cc1cc(C)c(S(=O)(=O)N2CCC(C(=O)Nc3ccnn3Cc3ccccc3)CC2)c(C)c1. The van der Waals surface area contributed by atoms with Gasteiger partial charge in [0.25, 0.3) is 0 Å². The topological polar surface area (TPSA) is 84.3 Å². The van der Waals surface area contributed by atoms with Crippen molar-refractivity contribution in [2.24, 2.45) is 5.92 Å². The number of rotatable bonds is 6. The van der Waals surface area contributed by atoms with Crippen molar-refractivity contribution in [1.82, 2.24) is 14.1 Å². The zero-order valence-corrected chi connectivity index (χ0v) is 20.1. The molecule has 1 aliphatic rings. The molecular formula is C25H30N4O3S. The van der Waals surface area contributed by atoms with Crippen molar-refractivity contribution in [2.75, 3.05) is 18.4 Å². The zero-order valence-electron chi connectivity index (χ0n) is 19.3. The summed E-state index contributed by atoms with van der Waals surface area (Å²) in [5.41, 5.74) is 3.67. The van der Waals surface area contributed by atoms with Crippen LogP contribution in [0.1, 0.15) is 35.1 Å². The van der Waals surface area contributed by atoms with Gasteiger partial charge < -0.3 is 5.32 Å². The van der Waals surface area contributed by atoms with Crippen LogP contribution in [0.5, 0.6) is 0 Å². The van der Waals surface area contributed by atoms with Gasteiger partial charge in [-0.3, -0.25) is 4.79 Å². The second kappa shape index (κ2) is 9.49.